The van der Waals surface area contributed by atoms with Crippen LogP contribution in [0.25, 0.3) is 0 Å². The van der Waals surface area contributed by atoms with Crippen LogP contribution in [-0.4, -0.2) is 23.5 Å². The quantitative estimate of drug-likeness (QED) is 0.857. The molecule has 1 heterocycles. The molecule has 1 aliphatic heterocycles. The van der Waals surface area contributed by atoms with Crippen molar-refractivity contribution < 1.29 is 0 Å². The van der Waals surface area contributed by atoms with Gasteiger partial charge in [0.05, 0.1) is 6.07 Å². The summed E-state index contributed by atoms with van der Waals surface area (Å²) < 4.78 is 0. The summed E-state index contributed by atoms with van der Waals surface area (Å²) in [5.74, 6) is 0. The van der Waals surface area contributed by atoms with E-state index < -0.39 is 5.54 Å². The number of benzene rings is 2. The number of hydrogen-bond acceptors (Lipinski definition) is 3. The largest absolute Gasteiger partial charge is 0.299 e. The molecule has 3 rings (SSSR count). The van der Waals surface area contributed by atoms with Gasteiger partial charge in [0.2, 0.25) is 0 Å². The molecule has 1 saturated heterocycles. The number of piperidine rings is 1. The summed E-state index contributed by atoms with van der Waals surface area (Å²) in [5, 5.41) is 13.6. The van der Waals surface area contributed by atoms with Crippen molar-refractivity contribution in [2.45, 2.75) is 44.3 Å². The molecule has 0 bridgehead atoms. The highest BCUT2D eigenvalue weighted by Crippen LogP contribution is 2.28. The van der Waals surface area contributed by atoms with Gasteiger partial charge in [0.15, 0.2) is 0 Å². The van der Waals surface area contributed by atoms with Gasteiger partial charge in [-0.1, -0.05) is 67.6 Å². The molecule has 0 radical (unpaired) electrons. The summed E-state index contributed by atoms with van der Waals surface area (Å²) in [6.07, 6.45) is 2.74. The van der Waals surface area contributed by atoms with Crippen molar-refractivity contribution in [2.75, 3.05) is 13.1 Å². The van der Waals surface area contributed by atoms with Crippen LogP contribution < -0.4 is 5.32 Å². The second kappa shape index (κ2) is 8.29. The molecule has 25 heavy (non-hydrogen) atoms. The third-order valence-corrected chi connectivity index (χ3v) is 5.23. The highest BCUT2D eigenvalue weighted by atomic mass is 15.2. The minimum Gasteiger partial charge on any atom is -0.299 e. The lowest BCUT2D eigenvalue weighted by Gasteiger charge is -2.40. The van der Waals surface area contributed by atoms with Crippen molar-refractivity contribution in [3.05, 3.63) is 71.8 Å². The molecule has 1 atom stereocenters. The predicted octanol–water partition coefficient (Wildman–Crippen LogP) is 4.29. The number of nitrogens with zero attached hydrogens (tertiary/aromatic N) is 2. The zero-order chi connectivity index (χ0) is 17.5. The van der Waals surface area contributed by atoms with Crippen LogP contribution in [0.1, 0.15) is 43.4 Å². The smallest absolute Gasteiger partial charge is 0.109 e. The maximum Gasteiger partial charge on any atom is 0.109 e. The van der Waals surface area contributed by atoms with E-state index in [0.717, 1.165) is 38.9 Å². The molecule has 3 heteroatoms. The fourth-order valence-electron chi connectivity index (χ4n) is 3.66. The second-order valence-corrected chi connectivity index (χ2v) is 6.97. The molecule has 1 fully saturated rings. The van der Waals surface area contributed by atoms with Crippen molar-refractivity contribution in [2.24, 2.45) is 0 Å². The van der Waals surface area contributed by atoms with Crippen molar-refractivity contribution in [1.82, 2.24) is 10.2 Å². The number of likely N-dealkylation sites (tertiary alicyclic amines) is 1. The van der Waals surface area contributed by atoms with E-state index in [9.17, 15) is 5.26 Å². The van der Waals surface area contributed by atoms with Gasteiger partial charge in [-0.05, 0) is 30.4 Å². The molecule has 1 N–H and O–H groups in total. The Balaban J connectivity index is 1.62. The average molecular weight is 333 g/mol. The van der Waals surface area contributed by atoms with Crippen LogP contribution in [0.4, 0.5) is 0 Å². The number of nitrogens with one attached hydrogen (secondary N) is 1. The molecule has 0 aliphatic carbocycles. The number of nitriles is 1. The first-order valence-corrected chi connectivity index (χ1v) is 9.25. The lowest BCUT2D eigenvalue weighted by molar-refractivity contribution is 0.151. The van der Waals surface area contributed by atoms with Gasteiger partial charge in [-0.2, -0.15) is 5.26 Å². The Morgan fingerprint density at radius 2 is 1.64 bits per heavy atom. The Morgan fingerprint density at radius 1 is 1.04 bits per heavy atom. The standard InChI is InChI=1S/C22H27N3/c1-2-21(20-11-7-4-8-12-20)24-22(18-23)13-15-25(16-14-22)17-19-9-5-3-6-10-19/h3-12,21,24H,2,13-17H2,1H3. The van der Waals surface area contributed by atoms with E-state index in [1.807, 2.05) is 6.07 Å². The van der Waals surface area contributed by atoms with Gasteiger partial charge in [0.25, 0.3) is 0 Å². The van der Waals surface area contributed by atoms with Crippen molar-refractivity contribution in [3.8, 4) is 6.07 Å². The third kappa shape index (κ3) is 4.48. The van der Waals surface area contributed by atoms with Gasteiger partial charge in [-0.25, -0.2) is 0 Å². The lowest BCUT2D eigenvalue weighted by Crippen LogP contribution is -2.53. The summed E-state index contributed by atoms with van der Waals surface area (Å²) in [7, 11) is 0. The molecule has 2 aromatic rings. The van der Waals surface area contributed by atoms with Gasteiger partial charge in [0, 0.05) is 25.7 Å². The van der Waals surface area contributed by atoms with Gasteiger partial charge in [-0.15, -0.1) is 0 Å². The Kier molecular flexibility index (Phi) is 5.86. The summed E-state index contributed by atoms with van der Waals surface area (Å²) in [5.41, 5.74) is 2.20. The maximum atomic E-state index is 9.88. The predicted molar refractivity (Wildman–Crippen MR) is 102 cm³/mol. The lowest BCUT2D eigenvalue weighted by atomic mass is 9.86. The first-order chi connectivity index (χ1) is 12.2. The molecular formula is C22H27N3. The highest BCUT2D eigenvalue weighted by molar-refractivity contribution is 5.22. The minimum absolute atomic E-state index is 0.238. The highest BCUT2D eigenvalue weighted by Gasteiger charge is 2.36. The Hall–Kier alpha value is -2.15. The van der Waals surface area contributed by atoms with Crippen LogP contribution in [0.3, 0.4) is 0 Å². The summed E-state index contributed by atoms with van der Waals surface area (Å²) in [6, 6.07) is 23.9. The molecule has 0 saturated carbocycles. The van der Waals surface area contributed by atoms with Crippen LogP contribution >= 0.6 is 0 Å². The summed E-state index contributed by atoms with van der Waals surface area (Å²) in [6.45, 7) is 5.07. The topological polar surface area (TPSA) is 39.1 Å². The molecule has 0 aromatic heterocycles. The molecule has 1 unspecified atom stereocenters. The fraction of sp³-hybridized carbons (Fsp3) is 0.409. The van der Waals surface area contributed by atoms with E-state index in [4.69, 9.17) is 0 Å². The molecule has 1 aliphatic rings. The van der Waals surface area contributed by atoms with Gasteiger partial charge in [-0.3, -0.25) is 10.2 Å². The van der Waals surface area contributed by atoms with Crippen LogP contribution in [0.5, 0.6) is 0 Å². The van der Waals surface area contributed by atoms with Crippen LogP contribution in [-0.2, 0) is 6.54 Å². The van der Waals surface area contributed by atoms with E-state index in [0.29, 0.717) is 0 Å². The minimum atomic E-state index is -0.413. The van der Waals surface area contributed by atoms with Gasteiger partial charge >= 0.3 is 0 Å². The van der Waals surface area contributed by atoms with Gasteiger partial charge in [0.1, 0.15) is 5.54 Å². The van der Waals surface area contributed by atoms with Crippen molar-refractivity contribution >= 4 is 0 Å². The van der Waals surface area contributed by atoms with Crippen molar-refractivity contribution in [3.63, 3.8) is 0 Å². The van der Waals surface area contributed by atoms with E-state index in [1.165, 1.54) is 11.1 Å². The SMILES string of the molecule is CCC(NC1(C#N)CCN(Cc2ccccc2)CC1)c1ccccc1. The summed E-state index contributed by atoms with van der Waals surface area (Å²) >= 11 is 0. The number of hydrogen-bond donors (Lipinski definition) is 1. The third-order valence-electron chi connectivity index (χ3n) is 5.23. The van der Waals surface area contributed by atoms with E-state index in [-0.39, 0.29) is 6.04 Å². The molecule has 2 aromatic carbocycles. The normalized spacial score (nSPS) is 18.4. The molecular weight excluding hydrogens is 306 g/mol. The van der Waals surface area contributed by atoms with Crippen LogP contribution in [0.2, 0.25) is 0 Å². The van der Waals surface area contributed by atoms with E-state index >= 15 is 0 Å². The van der Waals surface area contributed by atoms with Gasteiger partial charge < -0.3 is 0 Å². The fourth-order valence-corrected chi connectivity index (χ4v) is 3.66. The first kappa shape index (κ1) is 17.7. The monoisotopic (exact) mass is 333 g/mol. The van der Waals surface area contributed by atoms with Crippen molar-refractivity contribution in [1.29, 1.82) is 5.26 Å². The first-order valence-electron chi connectivity index (χ1n) is 9.25. The van der Waals surface area contributed by atoms with Crippen LogP contribution in [0, 0.1) is 11.3 Å². The van der Waals surface area contributed by atoms with E-state index in [1.54, 1.807) is 0 Å². The average Bonchev–Trinajstić information content (AvgIpc) is 2.69. The Labute approximate surface area is 151 Å². The Morgan fingerprint density at radius 3 is 2.20 bits per heavy atom. The zero-order valence-electron chi connectivity index (χ0n) is 15.0. The number of rotatable bonds is 6. The second-order valence-electron chi connectivity index (χ2n) is 6.97. The molecule has 0 amide bonds. The zero-order valence-corrected chi connectivity index (χ0v) is 15.0. The summed E-state index contributed by atoms with van der Waals surface area (Å²) in [4.78, 5) is 2.45. The molecule has 3 nitrogen and oxygen atoms in total. The maximum absolute atomic E-state index is 9.88. The molecule has 0 spiro atoms. The van der Waals surface area contributed by atoms with Crippen LogP contribution in [0.15, 0.2) is 60.7 Å². The Bertz CT molecular complexity index is 682. The molecule has 130 valence electrons. The van der Waals surface area contributed by atoms with E-state index in [2.05, 4.69) is 77.8 Å².